The van der Waals surface area contributed by atoms with Gasteiger partial charge in [-0.15, -0.1) is 11.8 Å². The van der Waals surface area contributed by atoms with Gasteiger partial charge in [0.15, 0.2) is 9.84 Å². The Bertz CT molecular complexity index is 1180. The molecule has 2 aromatic carbocycles. The molecule has 0 radical (unpaired) electrons. The molecule has 0 N–H and O–H groups in total. The molecule has 0 bridgehead atoms. The lowest BCUT2D eigenvalue weighted by Gasteiger charge is -2.34. The summed E-state index contributed by atoms with van der Waals surface area (Å²) in [4.78, 5) is 14.4. The Hall–Kier alpha value is -2.52. The molecule has 0 saturated carbocycles. The van der Waals surface area contributed by atoms with E-state index in [2.05, 4.69) is 11.7 Å². The van der Waals surface area contributed by atoms with Crippen molar-refractivity contribution in [1.82, 2.24) is 0 Å². The summed E-state index contributed by atoms with van der Waals surface area (Å²) in [5.74, 6) is -2.19. The fourth-order valence-electron chi connectivity index (χ4n) is 4.25. The van der Waals surface area contributed by atoms with Gasteiger partial charge in [0.2, 0.25) is 5.83 Å². The van der Waals surface area contributed by atoms with Crippen molar-refractivity contribution in [3.63, 3.8) is 0 Å². The molecule has 0 aliphatic carbocycles. The van der Waals surface area contributed by atoms with Crippen LogP contribution in [0, 0.1) is 5.41 Å². The number of hydrogen-bond acceptors (Lipinski definition) is 7. The standard InChI is InChI=1S/C26H32FNO5S2/c1-5-7-13-26(3)17-28(19-11-9-8-10-12-19)21-14-23(34-4)22(15-24(21)35(30,31)18-26)33-16-20(27)25(29)32-6-2/h8-12,14-16H,5-7,13,17-18H2,1-4H3/b20-16-/t26-/m1/s1. The zero-order chi connectivity index (χ0) is 25.6. The average molecular weight is 522 g/mol. The Labute approximate surface area is 211 Å². The van der Waals surface area contributed by atoms with Crippen LogP contribution in [-0.2, 0) is 19.4 Å². The lowest BCUT2D eigenvalue weighted by molar-refractivity contribution is -0.140. The second kappa shape index (κ2) is 11.5. The van der Waals surface area contributed by atoms with Crippen LogP contribution in [0.1, 0.15) is 40.0 Å². The highest BCUT2D eigenvalue weighted by Gasteiger charge is 2.40. The highest BCUT2D eigenvalue weighted by molar-refractivity contribution is 7.98. The smallest absolute Gasteiger partial charge is 0.370 e. The number of nitrogens with zero attached hydrogens (tertiary/aromatic N) is 1. The molecular formula is C26H32FNO5S2. The molecule has 1 heterocycles. The van der Waals surface area contributed by atoms with Crippen LogP contribution >= 0.6 is 11.8 Å². The van der Waals surface area contributed by atoms with Crippen LogP contribution in [0.3, 0.4) is 0 Å². The predicted octanol–water partition coefficient (Wildman–Crippen LogP) is 6.28. The summed E-state index contributed by atoms with van der Waals surface area (Å²) in [6.45, 7) is 6.25. The lowest BCUT2D eigenvalue weighted by atomic mass is 9.86. The molecule has 9 heteroatoms. The SMILES string of the molecule is CCCC[C@]1(C)CN(c2ccccc2)c2cc(SC)c(O/C=C(\F)C(=O)OCC)cc2S(=O)(=O)C1. The summed E-state index contributed by atoms with van der Waals surface area (Å²) in [6, 6.07) is 12.9. The van der Waals surface area contributed by atoms with Crippen molar-refractivity contribution in [2.45, 2.75) is 49.8 Å². The number of unbranched alkanes of at least 4 members (excludes halogenated alkanes) is 1. The lowest BCUT2D eigenvalue weighted by Crippen LogP contribution is -2.35. The van der Waals surface area contributed by atoms with E-state index in [-0.39, 0.29) is 23.0 Å². The number of hydrogen-bond donors (Lipinski definition) is 0. The molecule has 190 valence electrons. The first-order chi connectivity index (χ1) is 16.6. The summed E-state index contributed by atoms with van der Waals surface area (Å²) in [5, 5.41) is 0. The van der Waals surface area contributed by atoms with Crippen LogP contribution in [-0.4, -0.2) is 39.5 Å². The van der Waals surface area contributed by atoms with Crippen molar-refractivity contribution >= 4 is 38.9 Å². The van der Waals surface area contributed by atoms with Gasteiger partial charge in [0.1, 0.15) is 12.0 Å². The summed E-state index contributed by atoms with van der Waals surface area (Å²) in [7, 11) is -3.71. The number of rotatable bonds is 9. The summed E-state index contributed by atoms with van der Waals surface area (Å²) in [6.07, 6.45) is 5.15. The van der Waals surface area contributed by atoms with Gasteiger partial charge < -0.3 is 14.4 Å². The van der Waals surface area contributed by atoms with Crippen LogP contribution in [0.4, 0.5) is 15.8 Å². The number of thioether (sulfide) groups is 1. The number of halogens is 1. The number of ether oxygens (including phenoxy) is 2. The zero-order valence-electron chi connectivity index (χ0n) is 20.5. The van der Waals surface area contributed by atoms with Gasteiger partial charge in [0.25, 0.3) is 0 Å². The van der Waals surface area contributed by atoms with Crippen LogP contribution in [0.2, 0.25) is 0 Å². The van der Waals surface area contributed by atoms with Gasteiger partial charge in [0.05, 0.1) is 27.8 Å². The second-order valence-electron chi connectivity index (χ2n) is 8.87. The van der Waals surface area contributed by atoms with E-state index in [1.165, 1.54) is 17.8 Å². The monoisotopic (exact) mass is 521 g/mol. The minimum absolute atomic E-state index is 0.0125. The van der Waals surface area contributed by atoms with E-state index in [1.54, 1.807) is 13.0 Å². The number of sulfone groups is 1. The normalized spacial score (nSPS) is 19.6. The summed E-state index contributed by atoms with van der Waals surface area (Å²) < 4.78 is 51.6. The van der Waals surface area contributed by atoms with Crippen molar-refractivity contribution in [3.05, 3.63) is 54.6 Å². The summed E-state index contributed by atoms with van der Waals surface area (Å²) >= 11 is 1.34. The van der Waals surface area contributed by atoms with E-state index in [0.717, 1.165) is 24.9 Å². The average Bonchev–Trinajstić information content (AvgIpc) is 2.92. The third-order valence-electron chi connectivity index (χ3n) is 5.91. The Kier molecular flexibility index (Phi) is 8.88. The van der Waals surface area contributed by atoms with Crippen molar-refractivity contribution in [1.29, 1.82) is 0 Å². The van der Waals surface area contributed by atoms with Gasteiger partial charge in [0, 0.05) is 18.3 Å². The van der Waals surface area contributed by atoms with Crippen molar-refractivity contribution in [2.24, 2.45) is 5.41 Å². The number of para-hydroxylation sites is 1. The maximum atomic E-state index is 14.1. The van der Waals surface area contributed by atoms with E-state index in [9.17, 15) is 17.6 Å². The number of anilines is 2. The fourth-order valence-corrected chi connectivity index (χ4v) is 6.87. The maximum Gasteiger partial charge on any atom is 0.370 e. The topological polar surface area (TPSA) is 72.9 Å². The van der Waals surface area contributed by atoms with Crippen LogP contribution in [0.5, 0.6) is 5.75 Å². The highest BCUT2D eigenvalue weighted by atomic mass is 32.2. The predicted molar refractivity (Wildman–Crippen MR) is 138 cm³/mol. The molecule has 0 unspecified atom stereocenters. The number of carbonyl (C=O) groups is 1. The van der Waals surface area contributed by atoms with E-state index in [1.807, 2.05) is 48.4 Å². The van der Waals surface area contributed by atoms with Gasteiger partial charge in [-0.3, -0.25) is 0 Å². The molecule has 1 aliphatic rings. The molecule has 3 rings (SSSR count). The van der Waals surface area contributed by atoms with Gasteiger partial charge in [-0.1, -0.05) is 44.9 Å². The molecule has 6 nitrogen and oxygen atoms in total. The Morgan fingerprint density at radius 3 is 2.57 bits per heavy atom. The molecule has 0 amide bonds. The first-order valence-electron chi connectivity index (χ1n) is 11.6. The van der Waals surface area contributed by atoms with Crippen LogP contribution < -0.4 is 9.64 Å². The number of esters is 1. The van der Waals surface area contributed by atoms with E-state index < -0.39 is 27.0 Å². The van der Waals surface area contributed by atoms with Crippen molar-refractivity contribution < 1.29 is 27.1 Å². The molecule has 1 aliphatic heterocycles. The van der Waals surface area contributed by atoms with Gasteiger partial charge in [-0.25, -0.2) is 13.2 Å². The maximum absolute atomic E-state index is 14.1. The van der Waals surface area contributed by atoms with Gasteiger partial charge >= 0.3 is 5.97 Å². The molecule has 0 saturated heterocycles. The molecule has 1 atom stereocenters. The third kappa shape index (κ3) is 6.38. The molecule has 35 heavy (non-hydrogen) atoms. The van der Waals surface area contributed by atoms with E-state index >= 15 is 0 Å². The van der Waals surface area contributed by atoms with Gasteiger partial charge in [-0.2, -0.15) is 4.39 Å². The summed E-state index contributed by atoms with van der Waals surface area (Å²) in [5.41, 5.74) is 0.977. The third-order valence-corrected chi connectivity index (χ3v) is 8.74. The van der Waals surface area contributed by atoms with Crippen LogP contribution in [0.25, 0.3) is 0 Å². The largest absolute Gasteiger partial charge is 0.461 e. The molecule has 0 fully saturated rings. The molecule has 0 aromatic heterocycles. The van der Waals surface area contributed by atoms with E-state index in [0.29, 0.717) is 23.4 Å². The van der Waals surface area contributed by atoms with Gasteiger partial charge in [-0.05, 0) is 43.2 Å². The van der Waals surface area contributed by atoms with Crippen molar-refractivity contribution in [3.8, 4) is 5.75 Å². The first-order valence-corrected chi connectivity index (χ1v) is 14.5. The second-order valence-corrected chi connectivity index (χ2v) is 11.7. The minimum atomic E-state index is -3.71. The quantitative estimate of drug-likeness (QED) is 0.166. The Morgan fingerprint density at radius 2 is 1.94 bits per heavy atom. The molecule has 2 aromatic rings. The Balaban J connectivity index is 2.15. The number of benzene rings is 2. The highest BCUT2D eigenvalue weighted by Crippen LogP contribution is 2.46. The van der Waals surface area contributed by atoms with Crippen LogP contribution in [0.15, 0.2) is 64.3 Å². The molecular weight excluding hydrogens is 489 g/mol. The molecule has 0 spiro atoms. The Morgan fingerprint density at radius 1 is 1.23 bits per heavy atom. The first kappa shape index (κ1) is 27.1. The zero-order valence-corrected chi connectivity index (χ0v) is 22.2. The van der Waals surface area contributed by atoms with E-state index in [4.69, 9.17) is 4.74 Å². The number of carbonyl (C=O) groups excluding carboxylic acids is 1. The van der Waals surface area contributed by atoms with Crippen molar-refractivity contribution in [2.75, 3.05) is 30.1 Å². The fraction of sp³-hybridized carbons (Fsp3) is 0.423. The minimum Gasteiger partial charge on any atom is -0.461 e. The number of fused-ring (bicyclic) bond motifs is 1.